The van der Waals surface area contributed by atoms with E-state index in [1.807, 2.05) is 36.4 Å². The van der Waals surface area contributed by atoms with Gasteiger partial charge in [-0.2, -0.15) is 0 Å². The number of fused-ring (bicyclic) bond motifs is 1. The summed E-state index contributed by atoms with van der Waals surface area (Å²) in [6.07, 6.45) is 0.349. The van der Waals surface area contributed by atoms with E-state index in [-0.39, 0.29) is 10.7 Å². The van der Waals surface area contributed by atoms with E-state index in [2.05, 4.69) is 10.3 Å². The van der Waals surface area contributed by atoms with Crippen molar-refractivity contribution in [1.29, 1.82) is 0 Å². The van der Waals surface area contributed by atoms with Crippen LogP contribution in [0.1, 0.15) is 17.3 Å². The summed E-state index contributed by atoms with van der Waals surface area (Å²) in [7, 11) is 0. The second-order valence-corrected chi connectivity index (χ2v) is 5.82. The number of carbonyl (C=O) groups is 2. The Kier molecular flexibility index (Phi) is 4.95. The lowest BCUT2D eigenvalue weighted by molar-refractivity contribution is -0.123. The molecule has 0 aliphatic heterocycles. The zero-order valence-electron chi connectivity index (χ0n) is 13.4. The maximum absolute atomic E-state index is 12.4. The molecule has 126 valence electrons. The largest absolute Gasteiger partial charge is 0.449 e. The Morgan fingerprint density at radius 2 is 1.84 bits per heavy atom. The third-order valence-corrected chi connectivity index (χ3v) is 3.89. The summed E-state index contributed by atoms with van der Waals surface area (Å²) in [5.74, 6) is -1.05. The number of rotatable bonds is 4. The normalized spacial score (nSPS) is 11.8. The fraction of sp³-hybridized carbons (Fsp3) is 0.105. The minimum absolute atomic E-state index is 0.231. The fourth-order valence-electron chi connectivity index (χ4n) is 2.35. The number of halogens is 1. The summed E-state index contributed by atoms with van der Waals surface area (Å²) >= 11 is 5.68. The van der Waals surface area contributed by atoms with Crippen molar-refractivity contribution in [2.75, 3.05) is 5.32 Å². The quantitative estimate of drug-likeness (QED) is 0.566. The Labute approximate surface area is 149 Å². The van der Waals surface area contributed by atoms with Crippen LogP contribution in [0.15, 0.2) is 60.8 Å². The molecule has 5 nitrogen and oxygen atoms in total. The number of nitrogens with one attached hydrogen (secondary N) is 1. The first kappa shape index (κ1) is 16.9. The molecule has 0 saturated carbocycles. The smallest absolute Gasteiger partial charge is 0.340 e. The zero-order chi connectivity index (χ0) is 17.8. The van der Waals surface area contributed by atoms with Crippen LogP contribution in [0, 0.1) is 0 Å². The summed E-state index contributed by atoms with van der Waals surface area (Å²) in [5.41, 5.74) is 0.897. The van der Waals surface area contributed by atoms with E-state index in [9.17, 15) is 9.59 Å². The van der Waals surface area contributed by atoms with Gasteiger partial charge in [0.2, 0.25) is 0 Å². The van der Waals surface area contributed by atoms with Gasteiger partial charge in [0.05, 0.1) is 5.56 Å². The summed E-state index contributed by atoms with van der Waals surface area (Å²) in [4.78, 5) is 28.2. The van der Waals surface area contributed by atoms with Crippen LogP contribution < -0.4 is 5.32 Å². The van der Waals surface area contributed by atoms with Gasteiger partial charge in [0, 0.05) is 17.3 Å². The van der Waals surface area contributed by atoms with Gasteiger partial charge < -0.3 is 10.1 Å². The molecule has 1 aromatic heterocycles. The van der Waals surface area contributed by atoms with Crippen LogP contribution in [-0.4, -0.2) is 23.0 Å². The molecule has 2 aromatic carbocycles. The van der Waals surface area contributed by atoms with Crippen molar-refractivity contribution >= 4 is 39.9 Å². The van der Waals surface area contributed by atoms with Crippen LogP contribution in [-0.2, 0) is 9.53 Å². The van der Waals surface area contributed by atoms with Crippen LogP contribution in [0.5, 0.6) is 0 Å². The lowest BCUT2D eigenvalue weighted by Gasteiger charge is -2.14. The molecule has 1 N–H and O–H groups in total. The van der Waals surface area contributed by atoms with Crippen molar-refractivity contribution in [3.63, 3.8) is 0 Å². The highest BCUT2D eigenvalue weighted by Crippen LogP contribution is 2.23. The molecule has 0 fully saturated rings. The Bertz CT molecular complexity index is 920. The molecule has 0 unspecified atom stereocenters. The monoisotopic (exact) mass is 354 g/mol. The summed E-state index contributed by atoms with van der Waals surface area (Å²) in [5, 5.41) is 5.00. The Hall–Kier alpha value is -2.92. The molecule has 1 amide bonds. The van der Waals surface area contributed by atoms with Crippen molar-refractivity contribution in [3.05, 3.63) is 71.5 Å². The first-order chi connectivity index (χ1) is 12.0. The van der Waals surface area contributed by atoms with Gasteiger partial charge in [0.1, 0.15) is 5.15 Å². The van der Waals surface area contributed by atoms with Crippen molar-refractivity contribution in [2.45, 2.75) is 13.0 Å². The molecule has 0 bridgehead atoms. The molecule has 25 heavy (non-hydrogen) atoms. The van der Waals surface area contributed by atoms with Gasteiger partial charge >= 0.3 is 5.97 Å². The van der Waals surface area contributed by atoms with Gasteiger partial charge in [-0.25, -0.2) is 9.78 Å². The van der Waals surface area contributed by atoms with Gasteiger partial charge in [-0.1, -0.05) is 48.0 Å². The lowest BCUT2D eigenvalue weighted by Crippen LogP contribution is -2.30. The van der Waals surface area contributed by atoms with E-state index in [4.69, 9.17) is 16.3 Å². The number of hydrogen-bond acceptors (Lipinski definition) is 4. The minimum Gasteiger partial charge on any atom is -0.449 e. The average Bonchev–Trinajstić information content (AvgIpc) is 2.62. The minimum atomic E-state index is -0.956. The SMILES string of the molecule is C[C@@H](OC(=O)c1ccc(Cl)nc1)C(=O)Nc1cccc2ccccc12. The molecule has 0 spiro atoms. The van der Waals surface area contributed by atoms with Crippen molar-refractivity contribution in [2.24, 2.45) is 0 Å². The number of hydrogen-bond donors (Lipinski definition) is 1. The van der Waals surface area contributed by atoms with Gasteiger partial charge in [-0.15, -0.1) is 0 Å². The number of benzene rings is 2. The number of aromatic nitrogens is 1. The third kappa shape index (κ3) is 3.95. The molecule has 3 aromatic rings. The molecule has 0 saturated heterocycles. The second-order valence-electron chi connectivity index (χ2n) is 5.43. The van der Waals surface area contributed by atoms with Crippen LogP contribution in [0.4, 0.5) is 5.69 Å². The highest BCUT2D eigenvalue weighted by Gasteiger charge is 2.19. The van der Waals surface area contributed by atoms with Crippen LogP contribution in [0.3, 0.4) is 0 Å². The molecule has 0 aliphatic rings. The number of nitrogens with zero attached hydrogens (tertiary/aromatic N) is 1. The van der Waals surface area contributed by atoms with Crippen LogP contribution >= 0.6 is 11.6 Å². The maximum atomic E-state index is 12.4. The molecular formula is C19H15ClN2O3. The molecule has 1 heterocycles. The van der Waals surface area contributed by atoms with E-state index >= 15 is 0 Å². The molecule has 0 aliphatic carbocycles. The first-order valence-corrected chi connectivity index (χ1v) is 8.03. The molecule has 3 rings (SSSR count). The first-order valence-electron chi connectivity index (χ1n) is 7.66. The highest BCUT2D eigenvalue weighted by molar-refractivity contribution is 6.29. The van der Waals surface area contributed by atoms with Crippen molar-refractivity contribution in [3.8, 4) is 0 Å². The van der Waals surface area contributed by atoms with E-state index in [0.29, 0.717) is 5.69 Å². The predicted octanol–water partition coefficient (Wildman–Crippen LogP) is 4.07. The number of amides is 1. The van der Waals surface area contributed by atoms with E-state index < -0.39 is 18.0 Å². The third-order valence-electron chi connectivity index (χ3n) is 3.66. The molecular weight excluding hydrogens is 340 g/mol. The van der Waals surface area contributed by atoms with E-state index in [1.165, 1.54) is 25.3 Å². The number of esters is 1. The second kappa shape index (κ2) is 7.32. The summed E-state index contributed by atoms with van der Waals surface area (Å²) in [6.45, 7) is 1.52. The Balaban J connectivity index is 1.70. The number of anilines is 1. The Morgan fingerprint density at radius 1 is 1.08 bits per heavy atom. The average molecular weight is 355 g/mol. The van der Waals surface area contributed by atoms with Crippen LogP contribution in [0.25, 0.3) is 10.8 Å². The van der Waals surface area contributed by atoms with E-state index in [0.717, 1.165) is 10.8 Å². The molecule has 0 radical (unpaired) electrons. The van der Waals surface area contributed by atoms with Gasteiger partial charge in [0.25, 0.3) is 5.91 Å². The number of pyridine rings is 1. The van der Waals surface area contributed by atoms with Gasteiger partial charge in [-0.05, 0) is 30.5 Å². The maximum Gasteiger partial charge on any atom is 0.340 e. The summed E-state index contributed by atoms with van der Waals surface area (Å²) in [6, 6.07) is 16.3. The topological polar surface area (TPSA) is 68.3 Å². The lowest BCUT2D eigenvalue weighted by atomic mass is 10.1. The van der Waals surface area contributed by atoms with Crippen molar-refractivity contribution < 1.29 is 14.3 Å². The predicted molar refractivity (Wildman–Crippen MR) is 96.7 cm³/mol. The highest BCUT2D eigenvalue weighted by atomic mass is 35.5. The van der Waals surface area contributed by atoms with E-state index in [1.54, 1.807) is 6.07 Å². The fourth-order valence-corrected chi connectivity index (χ4v) is 2.46. The summed E-state index contributed by atoms with van der Waals surface area (Å²) < 4.78 is 5.19. The Morgan fingerprint density at radius 3 is 2.60 bits per heavy atom. The number of ether oxygens (including phenoxy) is 1. The molecule has 1 atom stereocenters. The molecule has 6 heteroatoms. The van der Waals surface area contributed by atoms with Gasteiger partial charge in [-0.3, -0.25) is 4.79 Å². The zero-order valence-corrected chi connectivity index (χ0v) is 14.2. The number of carbonyl (C=O) groups excluding carboxylic acids is 2. The van der Waals surface area contributed by atoms with Crippen molar-refractivity contribution in [1.82, 2.24) is 4.98 Å². The van der Waals surface area contributed by atoms with Gasteiger partial charge in [0.15, 0.2) is 6.10 Å². The standard InChI is InChI=1S/C19H15ClN2O3/c1-12(25-19(24)14-9-10-17(20)21-11-14)18(23)22-16-8-4-6-13-5-2-3-7-15(13)16/h2-12H,1H3,(H,22,23)/t12-/m1/s1. The van der Waals surface area contributed by atoms with Crippen LogP contribution in [0.2, 0.25) is 5.15 Å².